The molecule has 0 bridgehead atoms. The standard InChI is InChI=1S/C13H28N2/c1-3-15(13-8-4-5-9-13)10-6-7-12(2)11-14/h12-13H,3-11,14H2,1-2H3. The van der Waals surface area contributed by atoms with Gasteiger partial charge in [0.15, 0.2) is 0 Å². The van der Waals surface area contributed by atoms with Gasteiger partial charge in [-0.05, 0) is 51.2 Å². The van der Waals surface area contributed by atoms with E-state index >= 15 is 0 Å². The predicted octanol–water partition coefficient (Wildman–Crippen LogP) is 2.63. The second kappa shape index (κ2) is 7.24. The molecule has 1 rings (SSSR count). The van der Waals surface area contributed by atoms with E-state index in [4.69, 9.17) is 5.73 Å². The normalized spacial score (nSPS) is 20.0. The van der Waals surface area contributed by atoms with Gasteiger partial charge in [-0.25, -0.2) is 0 Å². The molecule has 2 nitrogen and oxygen atoms in total. The summed E-state index contributed by atoms with van der Waals surface area (Å²) in [6, 6.07) is 0.892. The summed E-state index contributed by atoms with van der Waals surface area (Å²) in [6.07, 6.45) is 8.36. The van der Waals surface area contributed by atoms with Crippen LogP contribution in [0.2, 0.25) is 0 Å². The van der Waals surface area contributed by atoms with E-state index in [0.29, 0.717) is 5.92 Å². The van der Waals surface area contributed by atoms with Crippen molar-refractivity contribution in [1.29, 1.82) is 0 Å². The molecule has 1 atom stereocenters. The smallest absolute Gasteiger partial charge is 0.00951 e. The third-order valence-corrected chi connectivity index (χ3v) is 3.79. The van der Waals surface area contributed by atoms with Crippen LogP contribution in [0, 0.1) is 5.92 Å². The highest BCUT2D eigenvalue weighted by molar-refractivity contribution is 4.76. The van der Waals surface area contributed by atoms with Crippen LogP contribution in [-0.4, -0.2) is 30.6 Å². The number of hydrogen-bond donors (Lipinski definition) is 1. The van der Waals surface area contributed by atoms with Gasteiger partial charge >= 0.3 is 0 Å². The molecule has 1 aliphatic carbocycles. The Balaban J connectivity index is 2.15. The molecule has 0 saturated heterocycles. The molecule has 0 heterocycles. The summed E-state index contributed by atoms with van der Waals surface area (Å²) in [5.41, 5.74) is 5.63. The average molecular weight is 212 g/mol. The molecule has 2 heteroatoms. The summed E-state index contributed by atoms with van der Waals surface area (Å²) in [5.74, 6) is 0.701. The van der Waals surface area contributed by atoms with Crippen LogP contribution in [-0.2, 0) is 0 Å². The molecule has 0 aromatic heterocycles. The highest BCUT2D eigenvalue weighted by Crippen LogP contribution is 2.23. The zero-order chi connectivity index (χ0) is 11.1. The van der Waals surface area contributed by atoms with Crippen molar-refractivity contribution < 1.29 is 0 Å². The number of rotatable bonds is 7. The molecule has 90 valence electrons. The quantitative estimate of drug-likeness (QED) is 0.703. The molecule has 1 fully saturated rings. The number of hydrogen-bond acceptors (Lipinski definition) is 2. The van der Waals surface area contributed by atoms with Crippen molar-refractivity contribution in [3.05, 3.63) is 0 Å². The molecule has 2 N–H and O–H groups in total. The van der Waals surface area contributed by atoms with Gasteiger partial charge in [0, 0.05) is 6.04 Å². The summed E-state index contributed by atoms with van der Waals surface area (Å²) in [4.78, 5) is 2.68. The first-order valence-corrected chi connectivity index (χ1v) is 6.72. The summed E-state index contributed by atoms with van der Waals surface area (Å²) in [5, 5.41) is 0. The largest absolute Gasteiger partial charge is 0.330 e. The van der Waals surface area contributed by atoms with Gasteiger partial charge in [-0.2, -0.15) is 0 Å². The number of nitrogens with zero attached hydrogens (tertiary/aromatic N) is 1. The Morgan fingerprint density at radius 3 is 2.53 bits per heavy atom. The lowest BCUT2D eigenvalue weighted by Gasteiger charge is -2.27. The van der Waals surface area contributed by atoms with Crippen molar-refractivity contribution in [3.8, 4) is 0 Å². The van der Waals surface area contributed by atoms with Gasteiger partial charge in [-0.15, -0.1) is 0 Å². The van der Waals surface area contributed by atoms with Gasteiger partial charge in [0.2, 0.25) is 0 Å². The first-order chi connectivity index (χ1) is 7.27. The summed E-state index contributed by atoms with van der Waals surface area (Å²) < 4.78 is 0. The lowest BCUT2D eigenvalue weighted by Crippen LogP contribution is -2.34. The monoisotopic (exact) mass is 212 g/mol. The van der Waals surface area contributed by atoms with Gasteiger partial charge in [0.1, 0.15) is 0 Å². The minimum Gasteiger partial charge on any atom is -0.330 e. The molecular weight excluding hydrogens is 184 g/mol. The molecule has 15 heavy (non-hydrogen) atoms. The van der Waals surface area contributed by atoms with Crippen molar-refractivity contribution in [1.82, 2.24) is 4.90 Å². The second-order valence-corrected chi connectivity index (χ2v) is 5.05. The summed E-state index contributed by atoms with van der Waals surface area (Å²) >= 11 is 0. The SMILES string of the molecule is CCN(CCCC(C)CN)C1CCCC1. The molecule has 0 aliphatic heterocycles. The Hall–Kier alpha value is -0.0800. The Morgan fingerprint density at radius 2 is 2.00 bits per heavy atom. The highest BCUT2D eigenvalue weighted by Gasteiger charge is 2.20. The molecule has 0 amide bonds. The molecule has 0 aromatic rings. The van der Waals surface area contributed by atoms with Gasteiger partial charge in [-0.3, -0.25) is 0 Å². The average Bonchev–Trinajstić information content (AvgIpc) is 2.77. The molecule has 1 unspecified atom stereocenters. The fraction of sp³-hybridized carbons (Fsp3) is 1.00. The van der Waals surface area contributed by atoms with E-state index in [1.54, 1.807) is 0 Å². The molecule has 1 saturated carbocycles. The Morgan fingerprint density at radius 1 is 1.33 bits per heavy atom. The lowest BCUT2D eigenvalue weighted by molar-refractivity contribution is 0.201. The molecular formula is C13H28N2. The van der Waals surface area contributed by atoms with Crippen LogP contribution in [0.5, 0.6) is 0 Å². The molecule has 0 spiro atoms. The maximum atomic E-state index is 5.63. The first-order valence-electron chi connectivity index (χ1n) is 6.72. The van der Waals surface area contributed by atoms with E-state index in [9.17, 15) is 0 Å². The zero-order valence-electron chi connectivity index (χ0n) is 10.5. The van der Waals surface area contributed by atoms with Crippen molar-refractivity contribution in [2.24, 2.45) is 11.7 Å². The van der Waals surface area contributed by atoms with Gasteiger partial charge in [-0.1, -0.05) is 26.7 Å². The van der Waals surface area contributed by atoms with E-state index in [-0.39, 0.29) is 0 Å². The third kappa shape index (κ3) is 4.52. The van der Waals surface area contributed by atoms with E-state index in [1.807, 2.05) is 0 Å². The minimum absolute atomic E-state index is 0.701. The van der Waals surface area contributed by atoms with E-state index in [0.717, 1.165) is 12.6 Å². The van der Waals surface area contributed by atoms with Crippen molar-refractivity contribution in [2.45, 2.75) is 58.4 Å². The van der Waals surface area contributed by atoms with E-state index in [2.05, 4.69) is 18.7 Å². The van der Waals surface area contributed by atoms with E-state index in [1.165, 1.54) is 51.6 Å². The minimum atomic E-state index is 0.701. The Labute approximate surface area is 95.2 Å². The lowest BCUT2D eigenvalue weighted by atomic mass is 10.1. The van der Waals surface area contributed by atoms with Gasteiger partial charge in [0.25, 0.3) is 0 Å². The second-order valence-electron chi connectivity index (χ2n) is 5.05. The maximum absolute atomic E-state index is 5.63. The first kappa shape index (κ1) is 13.0. The predicted molar refractivity (Wildman–Crippen MR) is 67.0 cm³/mol. The summed E-state index contributed by atoms with van der Waals surface area (Å²) in [7, 11) is 0. The highest BCUT2D eigenvalue weighted by atomic mass is 15.1. The van der Waals surface area contributed by atoms with Crippen LogP contribution < -0.4 is 5.73 Å². The topological polar surface area (TPSA) is 29.3 Å². The fourth-order valence-corrected chi connectivity index (χ4v) is 2.63. The molecule has 1 aliphatic rings. The van der Waals surface area contributed by atoms with Crippen LogP contribution >= 0.6 is 0 Å². The zero-order valence-corrected chi connectivity index (χ0v) is 10.5. The van der Waals surface area contributed by atoms with Crippen LogP contribution in [0.15, 0.2) is 0 Å². The third-order valence-electron chi connectivity index (χ3n) is 3.79. The fourth-order valence-electron chi connectivity index (χ4n) is 2.63. The Bertz CT molecular complexity index is 153. The van der Waals surface area contributed by atoms with Crippen molar-refractivity contribution in [3.63, 3.8) is 0 Å². The van der Waals surface area contributed by atoms with Crippen molar-refractivity contribution in [2.75, 3.05) is 19.6 Å². The van der Waals surface area contributed by atoms with Crippen LogP contribution in [0.25, 0.3) is 0 Å². The van der Waals surface area contributed by atoms with Crippen LogP contribution in [0.3, 0.4) is 0 Å². The van der Waals surface area contributed by atoms with Crippen LogP contribution in [0.1, 0.15) is 52.4 Å². The van der Waals surface area contributed by atoms with Gasteiger partial charge < -0.3 is 10.6 Å². The van der Waals surface area contributed by atoms with E-state index < -0.39 is 0 Å². The molecule has 0 radical (unpaired) electrons. The molecule has 0 aromatic carbocycles. The van der Waals surface area contributed by atoms with Gasteiger partial charge in [0.05, 0.1) is 0 Å². The summed E-state index contributed by atoms with van der Waals surface area (Å²) in [6.45, 7) is 7.90. The number of nitrogens with two attached hydrogens (primary N) is 1. The maximum Gasteiger partial charge on any atom is 0.00951 e. The van der Waals surface area contributed by atoms with Crippen molar-refractivity contribution >= 4 is 0 Å². The van der Waals surface area contributed by atoms with Crippen LogP contribution in [0.4, 0.5) is 0 Å². The Kier molecular flexibility index (Phi) is 6.26.